The van der Waals surface area contributed by atoms with E-state index in [4.69, 9.17) is 15.2 Å². The molecule has 16 heavy (non-hydrogen) atoms. The van der Waals surface area contributed by atoms with Crippen molar-refractivity contribution < 1.29 is 9.47 Å². The summed E-state index contributed by atoms with van der Waals surface area (Å²) in [6.45, 7) is 4.91. The molecule has 0 aliphatic rings. The Balaban J connectivity index is 2.27. The van der Waals surface area contributed by atoms with Crippen molar-refractivity contribution in [1.29, 1.82) is 0 Å². The highest BCUT2D eigenvalue weighted by atomic mass is 16.5. The quantitative estimate of drug-likeness (QED) is 0.619. The zero-order valence-corrected chi connectivity index (χ0v) is 9.48. The summed E-state index contributed by atoms with van der Waals surface area (Å²) in [7, 11) is 0. The van der Waals surface area contributed by atoms with E-state index in [1.165, 1.54) is 6.33 Å². The van der Waals surface area contributed by atoms with E-state index in [0.717, 1.165) is 5.82 Å². The third-order valence-electron chi connectivity index (χ3n) is 1.75. The first-order chi connectivity index (χ1) is 7.86. The van der Waals surface area contributed by atoms with Crippen LogP contribution in [0.5, 0.6) is 5.88 Å². The molecule has 6 heteroatoms. The number of nitrogens with two attached hydrogens (primary N) is 1. The van der Waals surface area contributed by atoms with Crippen LogP contribution in [0.3, 0.4) is 0 Å². The molecule has 0 aliphatic heterocycles. The third kappa shape index (κ3) is 4.90. The van der Waals surface area contributed by atoms with Gasteiger partial charge in [0.15, 0.2) is 0 Å². The fraction of sp³-hybridized carbons (Fsp3) is 0.600. The van der Waals surface area contributed by atoms with Gasteiger partial charge >= 0.3 is 0 Å². The summed E-state index contributed by atoms with van der Waals surface area (Å²) in [5.41, 5.74) is 5.29. The number of nitrogens with one attached hydrogen (secondary N) is 1. The molecular weight excluding hydrogens is 208 g/mol. The first kappa shape index (κ1) is 12.7. The maximum Gasteiger partial charge on any atom is 0.218 e. The second-order valence-corrected chi connectivity index (χ2v) is 3.00. The number of anilines is 1. The van der Waals surface area contributed by atoms with Crippen LogP contribution in [-0.2, 0) is 4.74 Å². The van der Waals surface area contributed by atoms with Gasteiger partial charge in [0.05, 0.1) is 19.8 Å². The van der Waals surface area contributed by atoms with E-state index in [2.05, 4.69) is 15.3 Å². The number of hydrogen-bond acceptors (Lipinski definition) is 6. The lowest BCUT2D eigenvalue weighted by atomic mass is 10.5. The van der Waals surface area contributed by atoms with Gasteiger partial charge in [-0.05, 0) is 6.92 Å². The third-order valence-corrected chi connectivity index (χ3v) is 1.75. The molecule has 0 radical (unpaired) electrons. The van der Waals surface area contributed by atoms with Crippen molar-refractivity contribution >= 4 is 5.82 Å². The van der Waals surface area contributed by atoms with Crippen molar-refractivity contribution in [3.8, 4) is 5.88 Å². The summed E-state index contributed by atoms with van der Waals surface area (Å²) < 4.78 is 10.5. The van der Waals surface area contributed by atoms with Crippen molar-refractivity contribution in [2.75, 3.05) is 38.2 Å². The van der Waals surface area contributed by atoms with Gasteiger partial charge in [-0.25, -0.2) is 9.97 Å². The van der Waals surface area contributed by atoms with Gasteiger partial charge in [0.2, 0.25) is 5.88 Å². The van der Waals surface area contributed by atoms with E-state index in [-0.39, 0.29) is 0 Å². The Bertz CT molecular complexity index is 296. The van der Waals surface area contributed by atoms with Crippen LogP contribution < -0.4 is 15.8 Å². The monoisotopic (exact) mass is 226 g/mol. The first-order valence-corrected chi connectivity index (χ1v) is 5.33. The molecule has 0 spiro atoms. The molecular formula is C10H18N4O2. The second-order valence-electron chi connectivity index (χ2n) is 3.00. The number of nitrogens with zero attached hydrogens (tertiary/aromatic N) is 2. The van der Waals surface area contributed by atoms with Gasteiger partial charge in [-0.15, -0.1) is 0 Å². The normalized spacial score (nSPS) is 10.1. The van der Waals surface area contributed by atoms with Crippen LogP contribution in [-0.4, -0.2) is 42.9 Å². The van der Waals surface area contributed by atoms with Gasteiger partial charge in [-0.3, -0.25) is 0 Å². The molecule has 0 saturated heterocycles. The Morgan fingerprint density at radius 3 is 3.00 bits per heavy atom. The molecule has 1 aromatic rings. The number of aromatic nitrogens is 2. The molecule has 3 N–H and O–H groups in total. The zero-order chi connectivity index (χ0) is 11.6. The summed E-state index contributed by atoms with van der Waals surface area (Å²) in [6, 6.07) is 1.76. The van der Waals surface area contributed by atoms with Crippen molar-refractivity contribution in [2.45, 2.75) is 6.92 Å². The Labute approximate surface area is 95.2 Å². The standard InChI is InChI=1S/C10H18N4O2/c1-2-16-10-7-9(13-8-14-10)12-4-6-15-5-3-11/h7-8H,2-6,11H2,1H3,(H,12,13,14). The SMILES string of the molecule is CCOc1cc(NCCOCCN)ncn1. The largest absolute Gasteiger partial charge is 0.478 e. The number of ether oxygens (including phenoxy) is 2. The maximum atomic E-state index is 5.29. The fourth-order valence-electron chi connectivity index (χ4n) is 1.10. The van der Waals surface area contributed by atoms with Crippen LogP contribution in [0.1, 0.15) is 6.92 Å². The van der Waals surface area contributed by atoms with Crippen molar-refractivity contribution in [3.05, 3.63) is 12.4 Å². The lowest BCUT2D eigenvalue weighted by Gasteiger charge is -2.07. The molecule has 0 atom stereocenters. The zero-order valence-electron chi connectivity index (χ0n) is 9.48. The van der Waals surface area contributed by atoms with Crippen LogP contribution >= 0.6 is 0 Å². The van der Waals surface area contributed by atoms with E-state index in [0.29, 0.717) is 38.8 Å². The summed E-state index contributed by atoms with van der Waals surface area (Å²) in [4.78, 5) is 8.02. The van der Waals surface area contributed by atoms with Gasteiger partial charge in [0, 0.05) is 19.2 Å². The van der Waals surface area contributed by atoms with Crippen molar-refractivity contribution in [2.24, 2.45) is 5.73 Å². The van der Waals surface area contributed by atoms with Gasteiger partial charge in [0.1, 0.15) is 12.1 Å². The Kier molecular flexibility index (Phi) is 6.20. The highest BCUT2D eigenvalue weighted by molar-refractivity contribution is 5.36. The lowest BCUT2D eigenvalue weighted by molar-refractivity contribution is 0.151. The molecule has 0 aliphatic carbocycles. The Hall–Kier alpha value is -1.40. The molecule has 1 heterocycles. The maximum absolute atomic E-state index is 5.29. The van der Waals surface area contributed by atoms with Gasteiger partial charge in [-0.2, -0.15) is 0 Å². The summed E-state index contributed by atoms with van der Waals surface area (Å²) >= 11 is 0. The molecule has 90 valence electrons. The molecule has 6 nitrogen and oxygen atoms in total. The van der Waals surface area contributed by atoms with E-state index in [1.54, 1.807) is 6.07 Å². The van der Waals surface area contributed by atoms with Crippen LogP contribution in [0, 0.1) is 0 Å². The van der Waals surface area contributed by atoms with Crippen LogP contribution in [0.15, 0.2) is 12.4 Å². The summed E-state index contributed by atoms with van der Waals surface area (Å²) in [5, 5.41) is 3.11. The minimum atomic E-state index is 0.544. The van der Waals surface area contributed by atoms with Crippen LogP contribution in [0.4, 0.5) is 5.82 Å². The average Bonchev–Trinajstić information content (AvgIpc) is 2.30. The smallest absolute Gasteiger partial charge is 0.218 e. The number of hydrogen-bond donors (Lipinski definition) is 2. The Morgan fingerprint density at radius 1 is 1.38 bits per heavy atom. The minimum absolute atomic E-state index is 0.544. The van der Waals surface area contributed by atoms with E-state index >= 15 is 0 Å². The highest BCUT2D eigenvalue weighted by Gasteiger charge is 1.97. The molecule has 0 bridgehead atoms. The Morgan fingerprint density at radius 2 is 2.25 bits per heavy atom. The van der Waals surface area contributed by atoms with Crippen molar-refractivity contribution in [1.82, 2.24) is 9.97 Å². The predicted octanol–water partition coefficient (Wildman–Crippen LogP) is 0.262. The van der Waals surface area contributed by atoms with Gasteiger partial charge < -0.3 is 20.5 Å². The minimum Gasteiger partial charge on any atom is -0.478 e. The van der Waals surface area contributed by atoms with E-state index < -0.39 is 0 Å². The van der Waals surface area contributed by atoms with E-state index in [9.17, 15) is 0 Å². The van der Waals surface area contributed by atoms with Gasteiger partial charge in [0.25, 0.3) is 0 Å². The topological polar surface area (TPSA) is 82.3 Å². The lowest BCUT2D eigenvalue weighted by Crippen LogP contribution is -2.15. The fourth-order valence-corrected chi connectivity index (χ4v) is 1.10. The molecule has 0 saturated carbocycles. The molecule has 0 unspecified atom stereocenters. The summed E-state index contributed by atoms with van der Waals surface area (Å²) in [5.74, 6) is 1.30. The molecule has 0 aromatic carbocycles. The number of rotatable bonds is 8. The molecule has 1 aromatic heterocycles. The van der Waals surface area contributed by atoms with Gasteiger partial charge in [-0.1, -0.05) is 0 Å². The van der Waals surface area contributed by atoms with Crippen molar-refractivity contribution in [3.63, 3.8) is 0 Å². The molecule has 0 amide bonds. The summed E-state index contributed by atoms with van der Waals surface area (Å²) in [6.07, 6.45) is 1.47. The van der Waals surface area contributed by atoms with Crippen LogP contribution in [0.25, 0.3) is 0 Å². The molecule has 1 rings (SSSR count). The van der Waals surface area contributed by atoms with E-state index in [1.807, 2.05) is 6.92 Å². The first-order valence-electron chi connectivity index (χ1n) is 5.33. The molecule has 0 fully saturated rings. The highest BCUT2D eigenvalue weighted by Crippen LogP contribution is 2.10. The van der Waals surface area contributed by atoms with Crippen LogP contribution in [0.2, 0.25) is 0 Å². The predicted molar refractivity (Wildman–Crippen MR) is 61.6 cm³/mol. The second kappa shape index (κ2) is 7.84. The average molecular weight is 226 g/mol.